The predicted octanol–water partition coefficient (Wildman–Crippen LogP) is 2.78. The molecule has 13 heavy (non-hydrogen) atoms. The molecule has 0 saturated carbocycles. The highest BCUT2D eigenvalue weighted by molar-refractivity contribution is 5.39. The number of hydrogen-bond donors (Lipinski definition) is 0. The van der Waals surface area contributed by atoms with Gasteiger partial charge in [0.1, 0.15) is 5.75 Å². The molecule has 0 aromatic heterocycles. The highest BCUT2D eigenvalue weighted by atomic mass is 16.5. The van der Waals surface area contributed by atoms with Crippen LogP contribution in [-0.2, 0) is 12.8 Å². The van der Waals surface area contributed by atoms with Gasteiger partial charge in [0.15, 0.2) is 0 Å². The second-order valence-electron chi connectivity index (χ2n) is 3.50. The lowest BCUT2D eigenvalue weighted by Gasteiger charge is -2.02. The summed E-state index contributed by atoms with van der Waals surface area (Å²) in [5, 5.41) is 0. The van der Waals surface area contributed by atoms with Crippen LogP contribution in [-0.4, -0.2) is 6.61 Å². The van der Waals surface area contributed by atoms with E-state index < -0.39 is 0 Å². The number of aryl methyl sites for hydroxylation is 1. The van der Waals surface area contributed by atoms with Crippen molar-refractivity contribution in [3.63, 3.8) is 0 Å². The number of fused-ring (bicyclic) bond motifs is 1. The molecule has 0 aliphatic carbocycles. The average molecular weight is 175 g/mol. The maximum atomic E-state index is 5.45. The minimum absolute atomic E-state index is 0.855. The Bertz CT molecular complexity index is 291. The lowest BCUT2D eigenvalue weighted by atomic mass is 10.0. The Kier molecular flexibility index (Phi) is 2.53. The molecule has 1 aliphatic rings. The van der Waals surface area contributed by atoms with Gasteiger partial charge >= 0.3 is 0 Å². The van der Waals surface area contributed by atoms with Crippen molar-refractivity contribution in [2.24, 2.45) is 0 Å². The fraction of sp³-hybridized carbons (Fsp3) is 0.417. The summed E-state index contributed by atoms with van der Waals surface area (Å²) in [6.07, 6.45) is 4.43. The predicted molar refractivity (Wildman–Crippen MR) is 53.9 cm³/mol. The summed E-state index contributed by atoms with van der Waals surface area (Å²) < 4.78 is 5.45. The zero-order valence-corrected chi connectivity index (χ0v) is 7.88. The Morgan fingerprint density at radius 1 is 1.38 bits per heavy atom. The molecule has 0 atom stereocenters. The normalized spacial score (nSPS) is 13.9. The first kappa shape index (κ1) is 8.61. The van der Waals surface area contributed by atoms with Crippen LogP contribution in [0.4, 0.5) is 0 Å². The molecular formula is C12H15O. The minimum atomic E-state index is 0.855. The van der Waals surface area contributed by atoms with Crippen molar-refractivity contribution < 1.29 is 4.74 Å². The molecule has 1 aliphatic heterocycles. The first-order valence-electron chi connectivity index (χ1n) is 4.94. The van der Waals surface area contributed by atoms with E-state index in [-0.39, 0.29) is 0 Å². The van der Waals surface area contributed by atoms with Crippen LogP contribution in [0.3, 0.4) is 0 Å². The highest BCUT2D eigenvalue weighted by Crippen LogP contribution is 2.26. The minimum Gasteiger partial charge on any atom is -0.493 e. The van der Waals surface area contributed by atoms with Crippen LogP contribution in [0.15, 0.2) is 18.2 Å². The zero-order chi connectivity index (χ0) is 9.10. The van der Waals surface area contributed by atoms with Gasteiger partial charge in [0.25, 0.3) is 0 Å². The second kappa shape index (κ2) is 3.82. The van der Waals surface area contributed by atoms with Gasteiger partial charge in [-0.15, -0.1) is 0 Å². The first-order valence-corrected chi connectivity index (χ1v) is 4.94. The molecule has 1 radical (unpaired) electrons. The summed E-state index contributed by atoms with van der Waals surface area (Å²) in [7, 11) is 0. The summed E-state index contributed by atoms with van der Waals surface area (Å²) in [4.78, 5) is 0. The fourth-order valence-corrected chi connectivity index (χ4v) is 1.72. The Morgan fingerprint density at radius 2 is 2.31 bits per heavy atom. The summed E-state index contributed by atoms with van der Waals surface area (Å²) in [6, 6.07) is 6.54. The summed E-state index contributed by atoms with van der Waals surface area (Å²) in [5.74, 6) is 1.08. The van der Waals surface area contributed by atoms with Crippen LogP contribution >= 0.6 is 0 Å². The van der Waals surface area contributed by atoms with Gasteiger partial charge in [-0.05, 0) is 30.0 Å². The SMILES string of the molecule is [CH2]CCCc1ccc2c(c1)CCO2. The van der Waals surface area contributed by atoms with Crippen molar-refractivity contribution in [2.45, 2.75) is 25.7 Å². The number of hydrogen-bond acceptors (Lipinski definition) is 1. The second-order valence-corrected chi connectivity index (χ2v) is 3.50. The smallest absolute Gasteiger partial charge is 0.122 e. The Balaban J connectivity index is 2.12. The van der Waals surface area contributed by atoms with Crippen LogP contribution in [0.1, 0.15) is 24.0 Å². The maximum Gasteiger partial charge on any atom is 0.122 e. The molecule has 1 heteroatoms. The lowest BCUT2D eigenvalue weighted by molar-refractivity contribution is 0.357. The molecule has 1 aromatic carbocycles. The maximum absolute atomic E-state index is 5.45. The van der Waals surface area contributed by atoms with E-state index in [9.17, 15) is 0 Å². The monoisotopic (exact) mass is 175 g/mol. The molecule has 1 heterocycles. The van der Waals surface area contributed by atoms with E-state index in [4.69, 9.17) is 4.74 Å². The van der Waals surface area contributed by atoms with Gasteiger partial charge in [-0.25, -0.2) is 0 Å². The molecule has 0 unspecified atom stereocenters. The van der Waals surface area contributed by atoms with Crippen molar-refractivity contribution in [3.05, 3.63) is 36.2 Å². The Morgan fingerprint density at radius 3 is 3.15 bits per heavy atom. The van der Waals surface area contributed by atoms with Crippen LogP contribution in [0, 0.1) is 6.92 Å². The van der Waals surface area contributed by atoms with Gasteiger partial charge in [0, 0.05) is 6.42 Å². The molecule has 0 amide bonds. The Hall–Kier alpha value is -0.980. The molecule has 0 N–H and O–H groups in total. The first-order chi connectivity index (χ1) is 6.40. The summed E-state index contributed by atoms with van der Waals surface area (Å²) in [6.45, 7) is 4.70. The molecule has 69 valence electrons. The fourth-order valence-electron chi connectivity index (χ4n) is 1.72. The molecule has 0 spiro atoms. The largest absolute Gasteiger partial charge is 0.493 e. The zero-order valence-electron chi connectivity index (χ0n) is 7.88. The quantitative estimate of drug-likeness (QED) is 0.686. The third-order valence-electron chi connectivity index (χ3n) is 2.47. The van der Waals surface area contributed by atoms with Gasteiger partial charge in [-0.1, -0.05) is 25.5 Å². The van der Waals surface area contributed by atoms with Crippen molar-refractivity contribution >= 4 is 0 Å². The summed E-state index contributed by atoms with van der Waals surface area (Å²) in [5.41, 5.74) is 2.80. The number of rotatable bonds is 3. The molecule has 1 aromatic rings. The van der Waals surface area contributed by atoms with Crippen molar-refractivity contribution in [1.82, 2.24) is 0 Å². The summed E-state index contributed by atoms with van der Waals surface area (Å²) >= 11 is 0. The van der Waals surface area contributed by atoms with Crippen molar-refractivity contribution in [3.8, 4) is 5.75 Å². The third-order valence-corrected chi connectivity index (χ3v) is 2.47. The standard InChI is InChI=1S/C12H15O/c1-2-3-4-10-5-6-12-11(9-10)7-8-13-12/h5-6,9H,1-4,7-8H2. The van der Waals surface area contributed by atoms with Crippen LogP contribution < -0.4 is 4.74 Å². The van der Waals surface area contributed by atoms with Crippen LogP contribution in [0.25, 0.3) is 0 Å². The van der Waals surface area contributed by atoms with E-state index in [1.54, 1.807) is 0 Å². The number of benzene rings is 1. The number of unbranched alkanes of at least 4 members (excludes halogenated alkanes) is 1. The van der Waals surface area contributed by atoms with Crippen molar-refractivity contribution in [1.29, 1.82) is 0 Å². The van der Waals surface area contributed by atoms with Gasteiger partial charge in [-0.2, -0.15) is 0 Å². The van der Waals surface area contributed by atoms with Gasteiger partial charge < -0.3 is 4.74 Å². The van der Waals surface area contributed by atoms with Crippen LogP contribution in [0.2, 0.25) is 0 Å². The molecule has 0 saturated heterocycles. The van der Waals surface area contributed by atoms with E-state index in [2.05, 4.69) is 25.1 Å². The lowest BCUT2D eigenvalue weighted by Crippen LogP contribution is -1.86. The van der Waals surface area contributed by atoms with Gasteiger partial charge in [0.05, 0.1) is 6.61 Å². The molecule has 2 rings (SSSR count). The topological polar surface area (TPSA) is 9.23 Å². The molecule has 0 bridgehead atoms. The Labute approximate surface area is 79.7 Å². The van der Waals surface area contributed by atoms with E-state index >= 15 is 0 Å². The number of ether oxygens (including phenoxy) is 1. The van der Waals surface area contributed by atoms with E-state index in [0.29, 0.717) is 0 Å². The highest BCUT2D eigenvalue weighted by Gasteiger charge is 2.11. The van der Waals surface area contributed by atoms with Gasteiger partial charge in [0.2, 0.25) is 0 Å². The van der Waals surface area contributed by atoms with Crippen LogP contribution in [0.5, 0.6) is 5.75 Å². The van der Waals surface area contributed by atoms with Crippen molar-refractivity contribution in [2.75, 3.05) is 6.61 Å². The van der Waals surface area contributed by atoms with E-state index in [1.807, 2.05) is 0 Å². The van der Waals surface area contributed by atoms with E-state index in [1.165, 1.54) is 17.5 Å². The molecular weight excluding hydrogens is 160 g/mol. The van der Waals surface area contributed by atoms with Gasteiger partial charge in [-0.3, -0.25) is 0 Å². The molecule has 1 nitrogen and oxygen atoms in total. The molecule has 0 fully saturated rings. The van der Waals surface area contributed by atoms with E-state index in [0.717, 1.165) is 31.6 Å². The average Bonchev–Trinajstić information content (AvgIpc) is 2.61. The third kappa shape index (κ3) is 1.85.